The first kappa shape index (κ1) is 14.6. The lowest BCUT2D eigenvalue weighted by atomic mass is 10.1. The van der Waals surface area contributed by atoms with Gasteiger partial charge in [0.2, 0.25) is 0 Å². The molecule has 0 bridgehead atoms. The number of nitrogen functional groups attached to an aromatic ring is 1. The number of pyridine rings is 1. The standard InChI is InChI=1S/C19H20N4O/c1-2-16-22-17-18(14-5-3-4-6-15(14)21-19(17)20)23(16)11-12-7-9-13(24)10-8-12/h3-10,16,22,24H,2,11H2,1H3,(H2,20,21). The second-order valence-electron chi connectivity index (χ2n) is 6.10. The number of fused-ring (bicyclic) bond motifs is 3. The fourth-order valence-corrected chi connectivity index (χ4v) is 3.36. The molecule has 0 radical (unpaired) electrons. The van der Waals surface area contributed by atoms with E-state index in [9.17, 15) is 5.11 Å². The molecule has 5 heteroatoms. The molecule has 0 spiro atoms. The van der Waals surface area contributed by atoms with Crippen LogP contribution in [0.1, 0.15) is 18.9 Å². The Hall–Kier alpha value is -2.95. The molecule has 1 unspecified atom stereocenters. The number of aromatic hydroxyl groups is 1. The zero-order chi connectivity index (χ0) is 16.7. The molecule has 2 aromatic carbocycles. The smallest absolute Gasteiger partial charge is 0.149 e. The molecule has 0 fully saturated rings. The monoisotopic (exact) mass is 320 g/mol. The number of nitrogens with one attached hydrogen (secondary N) is 1. The van der Waals surface area contributed by atoms with E-state index in [2.05, 4.69) is 28.2 Å². The molecule has 3 aromatic rings. The molecule has 0 saturated heterocycles. The van der Waals surface area contributed by atoms with Gasteiger partial charge in [0.05, 0.1) is 17.4 Å². The minimum atomic E-state index is 0.170. The molecule has 1 aromatic heterocycles. The highest BCUT2D eigenvalue weighted by Gasteiger charge is 2.31. The first-order valence-corrected chi connectivity index (χ1v) is 8.16. The Morgan fingerprint density at radius 3 is 2.67 bits per heavy atom. The number of nitrogens with zero attached hydrogens (tertiary/aromatic N) is 2. The highest BCUT2D eigenvalue weighted by molar-refractivity contribution is 6.04. The van der Waals surface area contributed by atoms with Gasteiger partial charge in [-0.15, -0.1) is 0 Å². The summed E-state index contributed by atoms with van der Waals surface area (Å²) < 4.78 is 0. The van der Waals surface area contributed by atoms with E-state index < -0.39 is 0 Å². The molecule has 24 heavy (non-hydrogen) atoms. The molecule has 5 nitrogen and oxygen atoms in total. The van der Waals surface area contributed by atoms with Crippen molar-refractivity contribution in [2.75, 3.05) is 16.0 Å². The summed E-state index contributed by atoms with van der Waals surface area (Å²) in [5.41, 5.74) is 10.3. The number of phenolic OH excluding ortho intramolecular Hbond substituents is 1. The van der Waals surface area contributed by atoms with Crippen LogP contribution in [0, 0.1) is 0 Å². The summed E-state index contributed by atoms with van der Waals surface area (Å²) in [7, 11) is 0. The number of nitrogens with two attached hydrogens (primary N) is 1. The first-order chi connectivity index (χ1) is 11.7. The molecular formula is C19H20N4O. The molecule has 4 N–H and O–H groups in total. The third kappa shape index (κ3) is 2.29. The largest absolute Gasteiger partial charge is 0.508 e. The zero-order valence-corrected chi connectivity index (χ0v) is 13.5. The fraction of sp³-hybridized carbons (Fsp3) is 0.211. The van der Waals surface area contributed by atoms with E-state index in [-0.39, 0.29) is 11.9 Å². The number of hydrogen-bond donors (Lipinski definition) is 3. The average molecular weight is 320 g/mol. The van der Waals surface area contributed by atoms with Crippen molar-refractivity contribution in [3.8, 4) is 5.75 Å². The SMILES string of the molecule is CCC1Nc2c(N)nc3ccccc3c2N1Cc1ccc(O)cc1. The Labute approximate surface area is 140 Å². The van der Waals surface area contributed by atoms with Crippen molar-refractivity contribution in [1.29, 1.82) is 0 Å². The van der Waals surface area contributed by atoms with Gasteiger partial charge in [-0.25, -0.2) is 4.98 Å². The van der Waals surface area contributed by atoms with E-state index in [1.165, 1.54) is 0 Å². The minimum absolute atomic E-state index is 0.170. The van der Waals surface area contributed by atoms with Gasteiger partial charge in [0, 0.05) is 11.9 Å². The Morgan fingerprint density at radius 2 is 1.92 bits per heavy atom. The van der Waals surface area contributed by atoms with E-state index in [1.807, 2.05) is 30.3 Å². The lowest BCUT2D eigenvalue weighted by molar-refractivity contribution is 0.475. The molecular weight excluding hydrogens is 300 g/mol. The van der Waals surface area contributed by atoms with Crippen LogP contribution >= 0.6 is 0 Å². The number of benzene rings is 2. The molecule has 0 aliphatic carbocycles. The van der Waals surface area contributed by atoms with Gasteiger partial charge in [-0.1, -0.05) is 37.3 Å². The molecule has 2 heterocycles. The maximum absolute atomic E-state index is 9.50. The van der Waals surface area contributed by atoms with Crippen molar-refractivity contribution in [2.24, 2.45) is 0 Å². The van der Waals surface area contributed by atoms with Crippen LogP contribution in [0.2, 0.25) is 0 Å². The summed E-state index contributed by atoms with van der Waals surface area (Å²) >= 11 is 0. The third-order valence-corrected chi connectivity index (χ3v) is 4.54. The van der Waals surface area contributed by atoms with Crippen LogP contribution in [0.3, 0.4) is 0 Å². The van der Waals surface area contributed by atoms with Crippen molar-refractivity contribution in [3.63, 3.8) is 0 Å². The number of anilines is 3. The van der Waals surface area contributed by atoms with Crippen molar-refractivity contribution >= 4 is 28.1 Å². The average Bonchev–Trinajstić information content (AvgIpc) is 2.96. The Kier molecular flexibility index (Phi) is 3.41. The summed E-state index contributed by atoms with van der Waals surface area (Å²) in [6.45, 7) is 2.89. The third-order valence-electron chi connectivity index (χ3n) is 4.54. The molecule has 122 valence electrons. The van der Waals surface area contributed by atoms with E-state index >= 15 is 0 Å². The van der Waals surface area contributed by atoms with Crippen molar-refractivity contribution in [3.05, 3.63) is 54.1 Å². The highest BCUT2D eigenvalue weighted by Crippen LogP contribution is 2.44. The fourth-order valence-electron chi connectivity index (χ4n) is 3.36. The van der Waals surface area contributed by atoms with Crippen molar-refractivity contribution in [1.82, 2.24) is 4.98 Å². The Bertz CT molecular complexity index is 892. The molecule has 0 amide bonds. The van der Waals surface area contributed by atoms with Gasteiger partial charge in [0.25, 0.3) is 0 Å². The van der Waals surface area contributed by atoms with E-state index in [0.717, 1.165) is 40.8 Å². The maximum Gasteiger partial charge on any atom is 0.149 e. The highest BCUT2D eigenvalue weighted by atomic mass is 16.3. The first-order valence-electron chi connectivity index (χ1n) is 8.16. The van der Waals surface area contributed by atoms with Gasteiger partial charge in [-0.3, -0.25) is 0 Å². The molecule has 1 aliphatic rings. The van der Waals surface area contributed by atoms with Gasteiger partial charge in [-0.2, -0.15) is 0 Å². The topological polar surface area (TPSA) is 74.4 Å². The Balaban J connectivity index is 1.84. The normalized spacial score (nSPS) is 16.2. The zero-order valence-electron chi connectivity index (χ0n) is 13.5. The minimum Gasteiger partial charge on any atom is -0.508 e. The second-order valence-corrected chi connectivity index (χ2v) is 6.10. The van der Waals surface area contributed by atoms with Gasteiger partial charge >= 0.3 is 0 Å². The summed E-state index contributed by atoms with van der Waals surface area (Å²) in [6.07, 6.45) is 1.12. The maximum atomic E-state index is 9.50. The summed E-state index contributed by atoms with van der Waals surface area (Å²) in [4.78, 5) is 6.86. The van der Waals surface area contributed by atoms with E-state index in [0.29, 0.717) is 5.82 Å². The number of hydrogen-bond acceptors (Lipinski definition) is 5. The number of phenols is 1. The second kappa shape index (κ2) is 5.60. The van der Waals surface area contributed by atoms with Crippen LogP contribution in [-0.2, 0) is 6.54 Å². The lowest BCUT2D eigenvalue weighted by Gasteiger charge is -2.26. The van der Waals surface area contributed by atoms with Crippen LogP contribution in [0.4, 0.5) is 17.2 Å². The number of aromatic nitrogens is 1. The van der Waals surface area contributed by atoms with Crippen molar-refractivity contribution < 1.29 is 5.11 Å². The quantitative estimate of drug-likeness (QED) is 0.686. The summed E-state index contributed by atoms with van der Waals surface area (Å²) in [5.74, 6) is 0.819. The molecule has 1 aliphatic heterocycles. The predicted octanol–water partition coefficient (Wildman–Crippen LogP) is 3.69. The molecule has 1 atom stereocenters. The van der Waals surface area contributed by atoms with Crippen LogP contribution in [0.15, 0.2) is 48.5 Å². The molecule has 0 saturated carbocycles. The van der Waals surface area contributed by atoms with Crippen LogP contribution in [0.5, 0.6) is 5.75 Å². The van der Waals surface area contributed by atoms with Crippen LogP contribution in [0.25, 0.3) is 10.9 Å². The van der Waals surface area contributed by atoms with Gasteiger partial charge < -0.3 is 21.1 Å². The number of rotatable bonds is 3. The van der Waals surface area contributed by atoms with Gasteiger partial charge in [-0.05, 0) is 30.2 Å². The van der Waals surface area contributed by atoms with Gasteiger partial charge in [0.15, 0.2) is 0 Å². The lowest BCUT2D eigenvalue weighted by Crippen LogP contribution is -2.34. The van der Waals surface area contributed by atoms with Crippen LogP contribution in [-0.4, -0.2) is 16.3 Å². The summed E-state index contributed by atoms with van der Waals surface area (Å²) in [5, 5.41) is 14.1. The molecule has 4 rings (SSSR count). The van der Waals surface area contributed by atoms with Gasteiger partial charge in [0.1, 0.15) is 17.3 Å². The van der Waals surface area contributed by atoms with E-state index in [4.69, 9.17) is 5.73 Å². The van der Waals surface area contributed by atoms with Crippen LogP contribution < -0.4 is 16.0 Å². The predicted molar refractivity (Wildman–Crippen MR) is 98.1 cm³/mol. The Morgan fingerprint density at radius 1 is 1.17 bits per heavy atom. The van der Waals surface area contributed by atoms with Crippen molar-refractivity contribution in [2.45, 2.75) is 26.1 Å². The number of para-hydroxylation sites is 1. The van der Waals surface area contributed by atoms with E-state index in [1.54, 1.807) is 12.1 Å². The summed E-state index contributed by atoms with van der Waals surface area (Å²) in [6, 6.07) is 15.4.